The molecule has 1 aliphatic rings. The van der Waals surface area contributed by atoms with E-state index in [0.717, 1.165) is 11.1 Å². The van der Waals surface area contributed by atoms with Crippen LogP contribution in [-0.2, 0) is 14.6 Å². The van der Waals surface area contributed by atoms with Gasteiger partial charge in [0.1, 0.15) is 16.0 Å². The monoisotopic (exact) mass is 310 g/mol. The van der Waals surface area contributed by atoms with Crippen LogP contribution in [0.4, 0.5) is 0 Å². The number of aryl methyl sites for hydroxylation is 1. The van der Waals surface area contributed by atoms with Crippen LogP contribution in [0, 0.1) is 6.92 Å². The first-order valence-corrected chi connectivity index (χ1v) is 9.08. The fraction of sp³-hybridized carbons (Fsp3) is 0.533. The summed E-state index contributed by atoms with van der Waals surface area (Å²) < 4.78 is 23.1. The summed E-state index contributed by atoms with van der Waals surface area (Å²) in [7, 11) is -3.14. The van der Waals surface area contributed by atoms with Crippen molar-refractivity contribution in [3.63, 3.8) is 0 Å². The lowest BCUT2D eigenvalue weighted by molar-refractivity contribution is -0.131. The van der Waals surface area contributed by atoms with Crippen LogP contribution in [0.5, 0.6) is 0 Å². The molecule has 3 unspecified atom stereocenters. The third kappa shape index (κ3) is 3.44. The van der Waals surface area contributed by atoms with Crippen molar-refractivity contribution in [1.82, 2.24) is 10.2 Å². The van der Waals surface area contributed by atoms with E-state index in [2.05, 4.69) is 5.32 Å². The molecule has 6 heteroatoms. The Morgan fingerprint density at radius 1 is 1.33 bits per heavy atom. The first-order valence-electron chi connectivity index (χ1n) is 7.02. The highest BCUT2D eigenvalue weighted by atomic mass is 32.2. The quantitative estimate of drug-likeness (QED) is 0.909. The average molecular weight is 310 g/mol. The maximum Gasteiger partial charge on any atom is 0.241 e. The Balaban J connectivity index is 2.36. The topological polar surface area (TPSA) is 66.5 Å². The highest BCUT2D eigenvalue weighted by molar-refractivity contribution is 7.90. The number of carbonyl (C=O) groups is 1. The van der Waals surface area contributed by atoms with Crippen LogP contribution in [0.25, 0.3) is 0 Å². The van der Waals surface area contributed by atoms with Crippen LogP contribution in [-0.4, -0.2) is 43.3 Å². The van der Waals surface area contributed by atoms with Gasteiger partial charge in [-0.25, -0.2) is 8.42 Å². The lowest BCUT2D eigenvalue weighted by atomic mass is 10.1. The number of sulfone groups is 1. The van der Waals surface area contributed by atoms with Crippen LogP contribution in [0.3, 0.4) is 0 Å². The molecule has 0 aromatic heterocycles. The average Bonchev–Trinajstić information content (AvgIpc) is 2.64. The van der Waals surface area contributed by atoms with Gasteiger partial charge in [0.05, 0.1) is 11.8 Å². The molecule has 1 fully saturated rings. The SMILES string of the molecule is Cc1ccccc1C1NC(C)C(=O)N1C(C)CS(C)(=O)=O. The predicted molar refractivity (Wildman–Crippen MR) is 82.5 cm³/mol. The molecular weight excluding hydrogens is 288 g/mol. The van der Waals surface area contributed by atoms with Gasteiger partial charge in [-0.15, -0.1) is 0 Å². The summed E-state index contributed by atoms with van der Waals surface area (Å²) in [5.41, 5.74) is 2.09. The van der Waals surface area contributed by atoms with Crippen molar-refractivity contribution in [2.75, 3.05) is 12.0 Å². The minimum atomic E-state index is -3.14. The maximum atomic E-state index is 12.4. The van der Waals surface area contributed by atoms with Crippen molar-refractivity contribution >= 4 is 15.7 Å². The first kappa shape index (κ1) is 16.0. The minimum Gasteiger partial charge on any atom is -0.318 e. The Labute approximate surface area is 126 Å². The number of carbonyl (C=O) groups excluding carboxylic acids is 1. The first-order chi connectivity index (χ1) is 9.70. The Kier molecular flexibility index (Phi) is 4.39. The molecule has 1 aromatic rings. The molecule has 0 radical (unpaired) electrons. The fourth-order valence-corrected chi connectivity index (χ4v) is 3.90. The summed E-state index contributed by atoms with van der Waals surface area (Å²) in [5.74, 6) is -0.0883. The highest BCUT2D eigenvalue weighted by Gasteiger charge is 2.40. The van der Waals surface area contributed by atoms with E-state index in [0.29, 0.717) is 0 Å². The summed E-state index contributed by atoms with van der Waals surface area (Å²) in [6.45, 7) is 5.58. The minimum absolute atomic E-state index is 0.0322. The summed E-state index contributed by atoms with van der Waals surface area (Å²) in [4.78, 5) is 14.1. The van der Waals surface area contributed by atoms with E-state index in [9.17, 15) is 13.2 Å². The number of amides is 1. The third-order valence-electron chi connectivity index (χ3n) is 3.81. The van der Waals surface area contributed by atoms with Crippen LogP contribution in [0.2, 0.25) is 0 Å². The van der Waals surface area contributed by atoms with Crippen molar-refractivity contribution in [3.05, 3.63) is 35.4 Å². The Hall–Kier alpha value is -1.40. The predicted octanol–water partition coefficient (Wildman–Crippen LogP) is 1.25. The Bertz CT molecular complexity index is 642. The summed E-state index contributed by atoms with van der Waals surface area (Å²) in [5, 5.41) is 3.26. The standard InChI is InChI=1S/C15H22N2O3S/c1-10-7-5-6-8-13(10)14-16-12(3)15(18)17(14)11(2)9-21(4,19)20/h5-8,11-12,14,16H,9H2,1-4H3. The molecule has 0 bridgehead atoms. The number of hydrogen-bond acceptors (Lipinski definition) is 4. The van der Waals surface area contributed by atoms with Gasteiger partial charge in [0.15, 0.2) is 0 Å². The van der Waals surface area contributed by atoms with Gasteiger partial charge in [-0.05, 0) is 31.9 Å². The van der Waals surface area contributed by atoms with Crippen molar-refractivity contribution in [3.8, 4) is 0 Å². The molecule has 2 rings (SSSR count). The number of rotatable bonds is 4. The van der Waals surface area contributed by atoms with Gasteiger partial charge in [0, 0.05) is 12.3 Å². The molecule has 116 valence electrons. The van der Waals surface area contributed by atoms with Gasteiger partial charge in [0.2, 0.25) is 5.91 Å². The zero-order valence-electron chi connectivity index (χ0n) is 12.8. The number of hydrogen-bond donors (Lipinski definition) is 1. The van der Waals surface area contributed by atoms with Gasteiger partial charge in [-0.2, -0.15) is 0 Å². The number of nitrogens with zero attached hydrogens (tertiary/aromatic N) is 1. The van der Waals surface area contributed by atoms with Crippen molar-refractivity contribution < 1.29 is 13.2 Å². The van der Waals surface area contributed by atoms with Crippen molar-refractivity contribution in [1.29, 1.82) is 0 Å². The number of nitrogens with one attached hydrogen (secondary N) is 1. The zero-order chi connectivity index (χ0) is 15.8. The van der Waals surface area contributed by atoms with Crippen LogP contribution in [0.1, 0.15) is 31.1 Å². The second-order valence-corrected chi connectivity index (χ2v) is 8.02. The van der Waals surface area contributed by atoms with E-state index >= 15 is 0 Å². The van der Waals surface area contributed by atoms with Gasteiger partial charge in [0.25, 0.3) is 0 Å². The Morgan fingerprint density at radius 3 is 2.52 bits per heavy atom. The molecule has 1 saturated heterocycles. The molecule has 3 atom stereocenters. The van der Waals surface area contributed by atoms with E-state index in [-0.39, 0.29) is 29.9 Å². The van der Waals surface area contributed by atoms with E-state index < -0.39 is 9.84 Å². The van der Waals surface area contributed by atoms with E-state index in [1.165, 1.54) is 6.26 Å². The molecule has 0 spiro atoms. The highest BCUT2D eigenvalue weighted by Crippen LogP contribution is 2.29. The number of benzene rings is 1. The second kappa shape index (κ2) is 5.77. The van der Waals surface area contributed by atoms with Gasteiger partial charge in [-0.3, -0.25) is 10.1 Å². The van der Waals surface area contributed by atoms with Crippen LogP contribution in [0.15, 0.2) is 24.3 Å². The largest absolute Gasteiger partial charge is 0.318 e. The van der Waals surface area contributed by atoms with Gasteiger partial charge >= 0.3 is 0 Å². The zero-order valence-corrected chi connectivity index (χ0v) is 13.6. The molecule has 1 heterocycles. The maximum absolute atomic E-state index is 12.4. The van der Waals surface area contributed by atoms with Crippen molar-refractivity contribution in [2.45, 2.75) is 39.0 Å². The summed E-state index contributed by atoms with van der Waals surface area (Å²) in [6.07, 6.45) is 0.925. The third-order valence-corrected chi connectivity index (χ3v) is 4.90. The Morgan fingerprint density at radius 2 is 1.95 bits per heavy atom. The summed E-state index contributed by atoms with van der Waals surface area (Å²) in [6, 6.07) is 7.16. The lowest BCUT2D eigenvalue weighted by Gasteiger charge is -2.31. The molecule has 5 nitrogen and oxygen atoms in total. The normalized spacial score (nSPS) is 24.4. The smallest absolute Gasteiger partial charge is 0.241 e. The lowest BCUT2D eigenvalue weighted by Crippen LogP contribution is -2.42. The van der Waals surface area contributed by atoms with Crippen molar-refractivity contribution in [2.24, 2.45) is 0 Å². The fourth-order valence-electron chi connectivity index (χ4n) is 2.86. The molecule has 0 aliphatic carbocycles. The molecule has 21 heavy (non-hydrogen) atoms. The molecule has 1 amide bonds. The van der Waals surface area contributed by atoms with Gasteiger partial charge in [-0.1, -0.05) is 24.3 Å². The van der Waals surface area contributed by atoms with Gasteiger partial charge < -0.3 is 4.90 Å². The van der Waals surface area contributed by atoms with E-state index in [1.807, 2.05) is 31.2 Å². The van der Waals surface area contributed by atoms with Crippen LogP contribution < -0.4 is 5.32 Å². The van der Waals surface area contributed by atoms with E-state index in [4.69, 9.17) is 0 Å². The molecule has 1 N–H and O–H groups in total. The second-order valence-electron chi connectivity index (χ2n) is 5.83. The summed E-state index contributed by atoms with van der Waals surface area (Å²) >= 11 is 0. The molecule has 1 aromatic carbocycles. The molecular formula is C15H22N2O3S. The molecule has 1 aliphatic heterocycles. The van der Waals surface area contributed by atoms with Crippen LogP contribution >= 0.6 is 0 Å². The van der Waals surface area contributed by atoms with E-state index in [1.54, 1.807) is 18.7 Å². The molecule has 0 saturated carbocycles.